The van der Waals surface area contributed by atoms with E-state index >= 15 is 0 Å². The lowest BCUT2D eigenvalue weighted by molar-refractivity contribution is 0.102. The summed E-state index contributed by atoms with van der Waals surface area (Å²) in [5, 5.41) is 7.50. The van der Waals surface area contributed by atoms with Gasteiger partial charge in [0.1, 0.15) is 12.4 Å². The molecule has 0 aliphatic carbocycles. The van der Waals surface area contributed by atoms with Gasteiger partial charge in [0.2, 0.25) is 0 Å². The van der Waals surface area contributed by atoms with Crippen molar-refractivity contribution in [3.05, 3.63) is 47.3 Å². The van der Waals surface area contributed by atoms with E-state index in [1.165, 1.54) is 0 Å². The van der Waals surface area contributed by atoms with Gasteiger partial charge in [0.25, 0.3) is 11.6 Å². The highest BCUT2D eigenvalue weighted by atomic mass is 16.5. The van der Waals surface area contributed by atoms with Gasteiger partial charge in [0.05, 0.1) is 23.3 Å². The summed E-state index contributed by atoms with van der Waals surface area (Å²) in [5.41, 5.74) is 2.98. The van der Waals surface area contributed by atoms with Gasteiger partial charge in [-0.3, -0.25) is 4.79 Å². The molecular formula is C20H23N3O4. The molecule has 0 saturated carbocycles. The number of aromatic nitrogens is 2. The minimum atomic E-state index is -0.233. The van der Waals surface area contributed by atoms with Gasteiger partial charge < -0.3 is 19.3 Å². The van der Waals surface area contributed by atoms with Crippen LogP contribution in [0.2, 0.25) is 0 Å². The van der Waals surface area contributed by atoms with Gasteiger partial charge in [-0.15, -0.1) is 0 Å². The average molecular weight is 369 g/mol. The predicted molar refractivity (Wildman–Crippen MR) is 102 cm³/mol. The number of rotatable bonds is 7. The highest BCUT2D eigenvalue weighted by Gasteiger charge is 2.19. The van der Waals surface area contributed by atoms with E-state index in [2.05, 4.69) is 15.5 Å². The topological polar surface area (TPSA) is 86.5 Å². The van der Waals surface area contributed by atoms with Crippen LogP contribution >= 0.6 is 0 Å². The van der Waals surface area contributed by atoms with Crippen molar-refractivity contribution in [1.82, 2.24) is 10.1 Å². The van der Waals surface area contributed by atoms with Crippen LogP contribution in [0, 0.1) is 6.92 Å². The number of hydrogen-bond acceptors (Lipinski definition) is 6. The Morgan fingerprint density at radius 3 is 2.63 bits per heavy atom. The third kappa shape index (κ3) is 4.25. The Balaban J connectivity index is 1.82. The summed E-state index contributed by atoms with van der Waals surface area (Å²) in [5.74, 6) is 0.645. The third-order valence-corrected chi connectivity index (χ3v) is 4.14. The number of nitrogens with zero attached hydrogens (tertiary/aromatic N) is 2. The van der Waals surface area contributed by atoms with E-state index < -0.39 is 0 Å². The number of carbonyl (C=O) groups excluding carboxylic acids is 1. The zero-order chi connectivity index (χ0) is 19.4. The smallest absolute Gasteiger partial charge is 0.259 e. The van der Waals surface area contributed by atoms with Crippen LogP contribution in [-0.2, 0) is 4.74 Å². The normalized spacial score (nSPS) is 11.1. The molecule has 0 unspecified atom stereocenters. The van der Waals surface area contributed by atoms with E-state index in [-0.39, 0.29) is 11.8 Å². The van der Waals surface area contributed by atoms with Crippen LogP contribution in [0.1, 0.15) is 41.5 Å². The number of fused-ring (bicyclic) bond motifs is 1. The van der Waals surface area contributed by atoms with Gasteiger partial charge in [-0.05, 0) is 43.2 Å². The van der Waals surface area contributed by atoms with E-state index in [1.807, 2.05) is 13.8 Å². The molecule has 0 aliphatic heterocycles. The fraction of sp³-hybridized carbons (Fsp3) is 0.350. The van der Waals surface area contributed by atoms with Gasteiger partial charge in [0.15, 0.2) is 0 Å². The van der Waals surface area contributed by atoms with E-state index in [4.69, 9.17) is 14.0 Å². The molecule has 0 aliphatic rings. The minimum Gasteiger partial charge on any atom is -0.491 e. The number of amides is 1. The number of pyridine rings is 1. The Bertz CT molecular complexity index is 932. The van der Waals surface area contributed by atoms with Crippen LogP contribution in [-0.4, -0.2) is 36.4 Å². The number of methoxy groups -OCH3 is 1. The quantitative estimate of drug-likeness (QED) is 0.635. The van der Waals surface area contributed by atoms with Crippen LogP contribution < -0.4 is 10.1 Å². The molecule has 0 saturated heterocycles. The SMILES string of the molecule is COCCOc1ccc(NC(=O)c2cc(C(C)C)nc3onc(C)c23)cc1. The van der Waals surface area contributed by atoms with Crippen LogP contribution in [0.5, 0.6) is 5.75 Å². The van der Waals surface area contributed by atoms with Crippen LogP contribution in [0.25, 0.3) is 11.1 Å². The second-order valence-corrected chi connectivity index (χ2v) is 6.52. The van der Waals surface area contributed by atoms with Gasteiger partial charge in [-0.1, -0.05) is 19.0 Å². The van der Waals surface area contributed by atoms with Crippen molar-refractivity contribution in [3.63, 3.8) is 0 Å². The van der Waals surface area contributed by atoms with E-state index in [9.17, 15) is 4.79 Å². The number of hydrogen-bond donors (Lipinski definition) is 1. The molecule has 7 nitrogen and oxygen atoms in total. The first-order valence-electron chi connectivity index (χ1n) is 8.79. The standard InChI is InChI=1S/C20H23N3O4/c1-12(2)17-11-16(18-13(3)23-27-20(18)22-17)19(24)21-14-5-7-15(8-6-14)26-10-9-25-4/h5-8,11-12H,9-10H2,1-4H3,(H,21,24). The van der Waals surface area contributed by atoms with Gasteiger partial charge >= 0.3 is 0 Å². The van der Waals surface area contributed by atoms with Crippen molar-refractivity contribution in [3.8, 4) is 5.75 Å². The number of nitrogens with one attached hydrogen (secondary N) is 1. The van der Waals surface area contributed by atoms with Crippen LogP contribution in [0.4, 0.5) is 5.69 Å². The summed E-state index contributed by atoms with van der Waals surface area (Å²) in [7, 11) is 1.63. The number of ether oxygens (including phenoxy) is 2. The molecule has 142 valence electrons. The highest BCUT2D eigenvalue weighted by molar-refractivity contribution is 6.12. The van der Waals surface area contributed by atoms with E-state index in [0.717, 1.165) is 5.69 Å². The molecule has 3 rings (SSSR count). The summed E-state index contributed by atoms with van der Waals surface area (Å²) in [6, 6.07) is 8.99. The van der Waals surface area contributed by atoms with Crippen LogP contribution in [0.15, 0.2) is 34.9 Å². The molecule has 0 radical (unpaired) electrons. The van der Waals surface area contributed by atoms with Crippen molar-refractivity contribution in [2.45, 2.75) is 26.7 Å². The van der Waals surface area contributed by atoms with Crippen molar-refractivity contribution in [2.75, 3.05) is 25.6 Å². The first-order valence-corrected chi connectivity index (χ1v) is 8.79. The average Bonchev–Trinajstić information content (AvgIpc) is 3.03. The third-order valence-electron chi connectivity index (χ3n) is 4.14. The number of aryl methyl sites for hydroxylation is 1. The van der Waals surface area contributed by atoms with E-state index in [0.29, 0.717) is 47.0 Å². The lowest BCUT2D eigenvalue weighted by atomic mass is 10.0. The maximum atomic E-state index is 12.9. The second-order valence-electron chi connectivity index (χ2n) is 6.52. The maximum absolute atomic E-state index is 12.9. The molecule has 1 amide bonds. The largest absolute Gasteiger partial charge is 0.491 e. The molecule has 3 aromatic rings. The Kier molecular flexibility index (Phi) is 5.71. The van der Waals surface area contributed by atoms with Crippen molar-refractivity contribution in [1.29, 1.82) is 0 Å². The number of benzene rings is 1. The number of carbonyl (C=O) groups is 1. The maximum Gasteiger partial charge on any atom is 0.259 e. The first-order chi connectivity index (χ1) is 13.0. The molecule has 0 spiro atoms. The Hall–Kier alpha value is -2.93. The lowest BCUT2D eigenvalue weighted by Gasteiger charge is -2.10. The summed E-state index contributed by atoms with van der Waals surface area (Å²) in [6.45, 7) is 6.82. The molecule has 0 atom stereocenters. The molecule has 1 N–H and O–H groups in total. The Labute approximate surface area is 157 Å². The Morgan fingerprint density at radius 2 is 1.96 bits per heavy atom. The molecule has 0 fully saturated rings. The summed E-state index contributed by atoms with van der Waals surface area (Å²) in [6.07, 6.45) is 0. The fourth-order valence-electron chi connectivity index (χ4n) is 2.66. The van der Waals surface area contributed by atoms with Crippen molar-refractivity contribution < 1.29 is 18.8 Å². The fourth-order valence-corrected chi connectivity index (χ4v) is 2.66. The van der Waals surface area contributed by atoms with E-state index in [1.54, 1.807) is 44.4 Å². The number of anilines is 1. The van der Waals surface area contributed by atoms with Gasteiger partial charge in [-0.25, -0.2) is 4.98 Å². The predicted octanol–water partition coefficient (Wildman–Crippen LogP) is 3.93. The van der Waals surface area contributed by atoms with Crippen molar-refractivity contribution >= 4 is 22.7 Å². The van der Waals surface area contributed by atoms with Crippen molar-refractivity contribution in [2.24, 2.45) is 0 Å². The monoisotopic (exact) mass is 369 g/mol. The minimum absolute atomic E-state index is 0.162. The first kappa shape index (κ1) is 18.8. The summed E-state index contributed by atoms with van der Waals surface area (Å²) >= 11 is 0. The molecule has 2 aromatic heterocycles. The second kappa shape index (κ2) is 8.18. The zero-order valence-corrected chi connectivity index (χ0v) is 15.9. The Morgan fingerprint density at radius 1 is 1.22 bits per heavy atom. The molecule has 0 bridgehead atoms. The van der Waals surface area contributed by atoms with Gasteiger partial charge in [0, 0.05) is 18.5 Å². The molecule has 1 aromatic carbocycles. The lowest BCUT2D eigenvalue weighted by Crippen LogP contribution is -2.14. The molecule has 27 heavy (non-hydrogen) atoms. The highest BCUT2D eigenvalue weighted by Crippen LogP contribution is 2.26. The zero-order valence-electron chi connectivity index (χ0n) is 15.9. The summed E-state index contributed by atoms with van der Waals surface area (Å²) < 4.78 is 15.8. The molecule has 7 heteroatoms. The van der Waals surface area contributed by atoms with Crippen LogP contribution in [0.3, 0.4) is 0 Å². The molecule has 2 heterocycles. The summed E-state index contributed by atoms with van der Waals surface area (Å²) in [4.78, 5) is 17.3. The van der Waals surface area contributed by atoms with Gasteiger partial charge in [-0.2, -0.15) is 0 Å². The molecular weight excluding hydrogens is 346 g/mol.